The first-order valence-corrected chi connectivity index (χ1v) is 9.82. The predicted octanol–water partition coefficient (Wildman–Crippen LogP) is 3.28. The van der Waals surface area contributed by atoms with E-state index in [1.165, 1.54) is 18.9 Å². The molecular formula is C21H24N6O2. The van der Waals surface area contributed by atoms with Crippen LogP contribution in [0.5, 0.6) is 5.75 Å². The lowest BCUT2D eigenvalue weighted by atomic mass is 10.2. The molecular weight excluding hydrogens is 368 g/mol. The molecule has 8 heteroatoms. The summed E-state index contributed by atoms with van der Waals surface area (Å²) in [6.07, 6.45) is 4.08. The molecule has 2 aromatic heterocycles. The van der Waals surface area contributed by atoms with E-state index < -0.39 is 0 Å². The summed E-state index contributed by atoms with van der Waals surface area (Å²) in [5, 5.41) is 3.13. The van der Waals surface area contributed by atoms with Crippen molar-refractivity contribution in [3.8, 4) is 17.0 Å². The normalized spacial score (nSPS) is 13.5. The number of rotatable bonds is 6. The number of H-pyrrole nitrogens is 1. The molecule has 1 aliphatic rings. The largest absolute Gasteiger partial charge is 0.494 e. The molecule has 0 saturated carbocycles. The third-order valence-electron chi connectivity index (χ3n) is 4.80. The van der Waals surface area contributed by atoms with Gasteiger partial charge >= 0.3 is 0 Å². The third-order valence-corrected chi connectivity index (χ3v) is 4.80. The van der Waals surface area contributed by atoms with Gasteiger partial charge in [0.1, 0.15) is 5.75 Å². The number of aryl methyl sites for hydroxylation is 1. The van der Waals surface area contributed by atoms with Crippen molar-refractivity contribution in [1.29, 1.82) is 0 Å². The first-order valence-electron chi connectivity index (χ1n) is 9.82. The Kier molecular flexibility index (Phi) is 5.41. The quantitative estimate of drug-likeness (QED) is 0.664. The Morgan fingerprint density at radius 3 is 2.62 bits per heavy atom. The second-order valence-electron chi connectivity index (χ2n) is 6.92. The highest BCUT2D eigenvalue weighted by atomic mass is 16.5. The van der Waals surface area contributed by atoms with Gasteiger partial charge in [0.15, 0.2) is 0 Å². The number of nitrogens with one attached hydrogen (secondary N) is 2. The number of aromatic amines is 1. The fourth-order valence-corrected chi connectivity index (χ4v) is 3.37. The SMILES string of the molecule is CCOc1ccc(Nc2nc(-c3cnc(N4CCCC4)nc3C)cc(=O)[nH]2)cc1. The van der Waals surface area contributed by atoms with E-state index in [4.69, 9.17) is 4.74 Å². The van der Waals surface area contributed by atoms with Gasteiger partial charge < -0.3 is 15.0 Å². The van der Waals surface area contributed by atoms with Crippen molar-refractivity contribution < 1.29 is 4.74 Å². The van der Waals surface area contributed by atoms with Crippen LogP contribution in [0.15, 0.2) is 41.3 Å². The summed E-state index contributed by atoms with van der Waals surface area (Å²) in [4.78, 5) is 30.8. The number of ether oxygens (including phenoxy) is 1. The highest BCUT2D eigenvalue weighted by Crippen LogP contribution is 2.24. The van der Waals surface area contributed by atoms with E-state index in [2.05, 4.69) is 30.2 Å². The molecule has 0 bridgehead atoms. The molecule has 0 atom stereocenters. The topological polar surface area (TPSA) is 96.0 Å². The average Bonchev–Trinajstić information content (AvgIpc) is 3.24. The highest BCUT2D eigenvalue weighted by molar-refractivity contribution is 5.64. The van der Waals surface area contributed by atoms with Crippen LogP contribution >= 0.6 is 0 Å². The minimum atomic E-state index is -0.244. The Labute approximate surface area is 169 Å². The lowest BCUT2D eigenvalue weighted by Crippen LogP contribution is -2.20. The maximum absolute atomic E-state index is 12.2. The molecule has 29 heavy (non-hydrogen) atoms. The van der Waals surface area contributed by atoms with E-state index in [0.29, 0.717) is 18.2 Å². The average molecular weight is 392 g/mol. The van der Waals surface area contributed by atoms with Crippen LogP contribution in [0.3, 0.4) is 0 Å². The Bertz CT molecular complexity index is 1040. The summed E-state index contributed by atoms with van der Waals surface area (Å²) in [6, 6.07) is 8.93. The van der Waals surface area contributed by atoms with Crippen LogP contribution in [0.4, 0.5) is 17.6 Å². The second kappa shape index (κ2) is 8.30. The zero-order valence-corrected chi connectivity index (χ0v) is 16.6. The van der Waals surface area contributed by atoms with Crippen LogP contribution < -0.4 is 20.5 Å². The summed E-state index contributed by atoms with van der Waals surface area (Å²) >= 11 is 0. The molecule has 4 rings (SSSR count). The Hall–Kier alpha value is -3.42. The molecule has 3 heterocycles. The monoisotopic (exact) mass is 392 g/mol. The maximum atomic E-state index is 12.2. The van der Waals surface area contributed by atoms with Gasteiger partial charge in [-0.2, -0.15) is 0 Å². The first-order chi connectivity index (χ1) is 14.1. The summed E-state index contributed by atoms with van der Waals surface area (Å²) in [6.45, 7) is 6.44. The summed E-state index contributed by atoms with van der Waals surface area (Å²) in [7, 11) is 0. The zero-order valence-electron chi connectivity index (χ0n) is 16.6. The number of anilines is 3. The second-order valence-corrected chi connectivity index (χ2v) is 6.92. The number of aromatic nitrogens is 4. The van der Waals surface area contributed by atoms with Crippen LogP contribution in [-0.4, -0.2) is 39.6 Å². The molecule has 150 valence electrons. The van der Waals surface area contributed by atoms with Crippen molar-refractivity contribution in [2.75, 3.05) is 29.9 Å². The van der Waals surface area contributed by atoms with Crippen molar-refractivity contribution in [3.05, 3.63) is 52.6 Å². The van der Waals surface area contributed by atoms with Gasteiger partial charge in [0.2, 0.25) is 11.9 Å². The molecule has 0 spiro atoms. The lowest BCUT2D eigenvalue weighted by Gasteiger charge is -2.16. The Balaban J connectivity index is 1.59. The Morgan fingerprint density at radius 1 is 1.17 bits per heavy atom. The summed E-state index contributed by atoms with van der Waals surface area (Å²) in [5.74, 6) is 1.89. The molecule has 0 amide bonds. The van der Waals surface area contributed by atoms with E-state index in [9.17, 15) is 4.79 Å². The van der Waals surface area contributed by atoms with Crippen molar-refractivity contribution in [1.82, 2.24) is 19.9 Å². The molecule has 1 fully saturated rings. The van der Waals surface area contributed by atoms with Gasteiger partial charge in [-0.3, -0.25) is 9.78 Å². The van der Waals surface area contributed by atoms with Crippen LogP contribution in [0, 0.1) is 6.92 Å². The number of nitrogens with zero attached hydrogens (tertiary/aromatic N) is 4. The van der Waals surface area contributed by atoms with Crippen LogP contribution in [0.2, 0.25) is 0 Å². The summed E-state index contributed by atoms with van der Waals surface area (Å²) < 4.78 is 5.45. The standard InChI is InChI=1S/C21H24N6O2/c1-3-29-16-8-6-15(7-9-16)24-20-25-18(12-19(28)26-20)17-13-22-21(23-14(17)2)27-10-4-5-11-27/h6-9,12-13H,3-5,10-11H2,1-2H3,(H2,24,25,26,28). The van der Waals surface area contributed by atoms with Gasteiger partial charge in [-0.15, -0.1) is 0 Å². The lowest BCUT2D eigenvalue weighted by molar-refractivity contribution is 0.340. The van der Waals surface area contributed by atoms with Gasteiger partial charge in [0.05, 0.1) is 18.0 Å². The predicted molar refractivity (Wildman–Crippen MR) is 113 cm³/mol. The van der Waals surface area contributed by atoms with Gasteiger partial charge in [0, 0.05) is 36.6 Å². The Morgan fingerprint density at radius 2 is 1.93 bits per heavy atom. The molecule has 1 aliphatic heterocycles. The molecule has 1 aromatic carbocycles. The first kappa shape index (κ1) is 18.9. The van der Waals surface area contributed by atoms with Crippen molar-refractivity contribution >= 4 is 17.6 Å². The molecule has 0 aliphatic carbocycles. The molecule has 0 unspecified atom stereocenters. The molecule has 2 N–H and O–H groups in total. The fraction of sp³-hybridized carbons (Fsp3) is 0.333. The number of hydrogen-bond acceptors (Lipinski definition) is 7. The molecule has 1 saturated heterocycles. The van der Waals surface area contributed by atoms with Crippen LogP contribution in [-0.2, 0) is 0 Å². The van der Waals surface area contributed by atoms with Gasteiger partial charge in [0.25, 0.3) is 5.56 Å². The van der Waals surface area contributed by atoms with E-state index in [0.717, 1.165) is 41.7 Å². The van der Waals surface area contributed by atoms with Crippen molar-refractivity contribution in [3.63, 3.8) is 0 Å². The van der Waals surface area contributed by atoms with Gasteiger partial charge in [-0.1, -0.05) is 0 Å². The van der Waals surface area contributed by atoms with Crippen molar-refractivity contribution in [2.45, 2.75) is 26.7 Å². The minimum Gasteiger partial charge on any atom is -0.494 e. The van der Waals surface area contributed by atoms with E-state index >= 15 is 0 Å². The van der Waals surface area contributed by atoms with Gasteiger partial charge in [-0.05, 0) is 51.0 Å². The summed E-state index contributed by atoms with van der Waals surface area (Å²) in [5.41, 5.74) is 2.63. The van der Waals surface area contributed by atoms with Crippen LogP contribution in [0.1, 0.15) is 25.5 Å². The molecule has 3 aromatic rings. The third kappa shape index (κ3) is 4.37. The number of hydrogen-bond donors (Lipinski definition) is 2. The van der Waals surface area contributed by atoms with Crippen LogP contribution in [0.25, 0.3) is 11.3 Å². The van der Waals surface area contributed by atoms with E-state index in [1.807, 2.05) is 38.1 Å². The van der Waals surface area contributed by atoms with E-state index in [-0.39, 0.29) is 5.56 Å². The highest BCUT2D eigenvalue weighted by Gasteiger charge is 2.17. The number of benzene rings is 1. The molecule has 8 nitrogen and oxygen atoms in total. The van der Waals surface area contributed by atoms with Gasteiger partial charge in [-0.25, -0.2) is 15.0 Å². The van der Waals surface area contributed by atoms with E-state index in [1.54, 1.807) is 6.20 Å². The smallest absolute Gasteiger partial charge is 0.252 e. The van der Waals surface area contributed by atoms with Crippen molar-refractivity contribution in [2.24, 2.45) is 0 Å². The minimum absolute atomic E-state index is 0.244. The molecule has 0 radical (unpaired) electrons. The zero-order chi connectivity index (χ0) is 20.2. The maximum Gasteiger partial charge on any atom is 0.252 e. The fourth-order valence-electron chi connectivity index (χ4n) is 3.37.